The zero-order valence-electron chi connectivity index (χ0n) is 12.0. The second kappa shape index (κ2) is 5.32. The molecule has 2 aromatic rings. The van der Waals surface area contributed by atoms with Gasteiger partial charge < -0.3 is 14.8 Å². The fraction of sp³-hybridized carbons (Fsp3) is 0.333. The van der Waals surface area contributed by atoms with Gasteiger partial charge in [0, 0.05) is 11.7 Å². The zero-order valence-corrected chi connectivity index (χ0v) is 12.0. The highest BCUT2D eigenvalue weighted by atomic mass is 16.7. The molecule has 0 aromatic heterocycles. The summed E-state index contributed by atoms with van der Waals surface area (Å²) in [4.78, 5) is 0. The first-order valence-electron chi connectivity index (χ1n) is 7.61. The number of para-hydroxylation sites is 1. The lowest BCUT2D eigenvalue weighted by molar-refractivity contribution is 0.174. The van der Waals surface area contributed by atoms with Crippen molar-refractivity contribution in [3.8, 4) is 11.5 Å². The number of hydrogen-bond donors (Lipinski definition) is 1. The first kappa shape index (κ1) is 12.6. The average molecular weight is 281 g/mol. The Morgan fingerprint density at radius 2 is 1.95 bits per heavy atom. The molecule has 3 heteroatoms. The van der Waals surface area contributed by atoms with Gasteiger partial charge in [-0.2, -0.15) is 0 Å². The van der Waals surface area contributed by atoms with Gasteiger partial charge in [0.25, 0.3) is 0 Å². The summed E-state index contributed by atoms with van der Waals surface area (Å²) in [7, 11) is 0. The first-order chi connectivity index (χ1) is 10.4. The van der Waals surface area contributed by atoms with Crippen LogP contribution in [0.4, 0.5) is 5.69 Å². The molecule has 0 aliphatic carbocycles. The van der Waals surface area contributed by atoms with E-state index in [0.717, 1.165) is 24.3 Å². The Balaban J connectivity index is 1.39. The molecule has 0 spiro atoms. The highest BCUT2D eigenvalue weighted by Crippen LogP contribution is 2.33. The van der Waals surface area contributed by atoms with Gasteiger partial charge in [0.2, 0.25) is 6.79 Å². The van der Waals surface area contributed by atoms with Gasteiger partial charge in [0.05, 0.1) is 0 Å². The van der Waals surface area contributed by atoms with E-state index in [1.54, 1.807) is 0 Å². The quantitative estimate of drug-likeness (QED) is 0.929. The highest BCUT2D eigenvalue weighted by molar-refractivity contribution is 5.53. The fourth-order valence-corrected chi connectivity index (χ4v) is 3.15. The van der Waals surface area contributed by atoms with E-state index in [2.05, 4.69) is 41.7 Å². The van der Waals surface area contributed by atoms with Crippen LogP contribution in [0.5, 0.6) is 11.5 Å². The minimum Gasteiger partial charge on any atom is -0.454 e. The smallest absolute Gasteiger partial charge is 0.231 e. The number of aryl methyl sites for hydroxylation is 2. The van der Waals surface area contributed by atoms with E-state index in [-0.39, 0.29) is 0 Å². The van der Waals surface area contributed by atoms with Crippen LogP contribution in [0.1, 0.15) is 24.0 Å². The van der Waals surface area contributed by atoms with E-state index < -0.39 is 0 Å². The molecule has 2 aliphatic heterocycles. The van der Waals surface area contributed by atoms with Crippen LogP contribution in [0, 0.1) is 0 Å². The lowest BCUT2D eigenvalue weighted by atomic mass is 9.94. The number of rotatable bonds is 3. The van der Waals surface area contributed by atoms with Crippen molar-refractivity contribution in [2.24, 2.45) is 0 Å². The van der Waals surface area contributed by atoms with Crippen molar-refractivity contribution in [3.05, 3.63) is 53.6 Å². The predicted molar refractivity (Wildman–Crippen MR) is 83.1 cm³/mol. The van der Waals surface area contributed by atoms with Crippen molar-refractivity contribution in [2.45, 2.75) is 31.7 Å². The van der Waals surface area contributed by atoms with E-state index in [1.165, 1.54) is 29.7 Å². The number of benzene rings is 2. The molecule has 21 heavy (non-hydrogen) atoms. The van der Waals surface area contributed by atoms with Gasteiger partial charge in [-0.15, -0.1) is 0 Å². The van der Waals surface area contributed by atoms with Gasteiger partial charge in [0.1, 0.15) is 0 Å². The standard InChI is InChI=1S/C18H19NO2/c1-2-4-16-14(3-1)7-9-15(19-16)8-5-13-6-10-17-18(11-13)21-12-20-17/h1-4,6,10-11,15,19H,5,7-9,12H2/t15-/m1/s1. The molecule has 1 N–H and O–H groups in total. The third kappa shape index (κ3) is 2.56. The fourth-order valence-electron chi connectivity index (χ4n) is 3.15. The number of ether oxygens (including phenoxy) is 2. The van der Waals surface area contributed by atoms with Crippen molar-refractivity contribution in [2.75, 3.05) is 12.1 Å². The maximum Gasteiger partial charge on any atom is 0.231 e. The first-order valence-corrected chi connectivity index (χ1v) is 7.61. The molecular weight excluding hydrogens is 262 g/mol. The number of nitrogens with one attached hydrogen (secondary N) is 1. The van der Waals surface area contributed by atoms with E-state index in [4.69, 9.17) is 9.47 Å². The van der Waals surface area contributed by atoms with E-state index in [9.17, 15) is 0 Å². The van der Waals surface area contributed by atoms with Crippen LogP contribution in [0.3, 0.4) is 0 Å². The summed E-state index contributed by atoms with van der Waals surface area (Å²) in [6, 6.07) is 15.5. The molecule has 0 radical (unpaired) electrons. The lowest BCUT2D eigenvalue weighted by Gasteiger charge is -2.27. The summed E-state index contributed by atoms with van der Waals surface area (Å²) >= 11 is 0. The maximum absolute atomic E-state index is 5.44. The van der Waals surface area contributed by atoms with Crippen LogP contribution in [-0.2, 0) is 12.8 Å². The number of hydrogen-bond acceptors (Lipinski definition) is 3. The lowest BCUT2D eigenvalue weighted by Crippen LogP contribution is -2.25. The maximum atomic E-state index is 5.44. The van der Waals surface area contributed by atoms with Crippen LogP contribution in [-0.4, -0.2) is 12.8 Å². The average Bonchev–Trinajstić information content (AvgIpc) is 3.00. The third-order valence-electron chi connectivity index (χ3n) is 4.36. The van der Waals surface area contributed by atoms with Crippen LogP contribution >= 0.6 is 0 Å². The molecule has 0 saturated carbocycles. The molecular formula is C18H19NO2. The topological polar surface area (TPSA) is 30.5 Å². The van der Waals surface area contributed by atoms with Gasteiger partial charge in [-0.05, 0) is 55.0 Å². The normalized spacial score (nSPS) is 19.0. The molecule has 0 unspecified atom stereocenters. The SMILES string of the molecule is c1ccc2c(c1)CC[C@@H](CCc1ccc3c(c1)OCO3)N2. The molecule has 0 fully saturated rings. The molecule has 2 aromatic carbocycles. The van der Waals surface area contributed by atoms with Crippen LogP contribution < -0.4 is 14.8 Å². The van der Waals surface area contributed by atoms with Crippen LogP contribution in [0.2, 0.25) is 0 Å². The van der Waals surface area contributed by atoms with Crippen molar-refractivity contribution in [1.29, 1.82) is 0 Å². The Morgan fingerprint density at radius 1 is 1.05 bits per heavy atom. The van der Waals surface area contributed by atoms with Crippen molar-refractivity contribution >= 4 is 5.69 Å². The Hall–Kier alpha value is -2.16. The molecule has 0 saturated heterocycles. The molecule has 4 rings (SSSR count). The minimum atomic E-state index is 0.347. The van der Waals surface area contributed by atoms with Crippen molar-refractivity contribution in [1.82, 2.24) is 0 Å². The molecule has 108 valence electrons. The molecule has 1 atom stereocenters. The summed E-state index contributed by atoms with van der Waals surface area (Å²) in [6.45, 7) is 0.347. The van der Waals surface area contributed by atoms with E-state index in [0.29, 0.717) is 12.8 Å². The minimum absolute atomic E-state index is 0.347. The van der Waals surface area contributed by atoms with Crippen LogP contribution in [0.25, 0.3) is 0 Å². The Bertz CT molecular complexity index is 653. The van der Waals surface area contributed by atoms with Gasteiger partial charge >= 0.3 is 0 Å². The number of fused-ring (bicyclic) bond motifs is 2. The van der Waals surface area contributed by atoms with Gasteiger partial charge in [0.15, 0.2) is 11.5 Å². The largest absolute Gasteiger partial charge is 0.454 e. The van der Waals surface area contributed by atoms with Crippen molar-refractivity contribution < 1.29 is 9.47 Å². The highest BCUT2D eigenvalue weighted by Gasteiger charge is 2.18. The number of anilines is 1. The summed E-state index contributed by atoms with van der Waals surface area (Å²) in [5.74, 6) is 1.75. The Morgan fingerprint density at radius 3 is 2.95 bits per heavy atom. The monoisotopic (exact) mass is 281 g/mol. The van der Waals surface area contributed by atoms with E-state index in [1.807, 2.05) is 6.07 Å². The van der Waals surface area contributed by atoms with Gasteiger partial charge in [-0.1, -0.05) is 24.3 Å². The second-order valence-corrected chi connectivity index (χ2v) is 5.76. The van der Waals surface area contributed by atoms with Gasteiger partial charge in [-0.25, -0.2) is 0 Å². The second-order valence-electron chi connectivity index (χ2n) is 5.76. The summed E-state index contributed by atoms with van der Waals surface area (Å²) in [6.07, 6.45) is 4.60. The summed E-state index contributed by atoms with van der Waals surface area (Å²) in [5.41, 5.74) is 4.07. The summed E-state index contributed by atoms with van der Waals surface area (Å²) < 4.78 is 10.8. The molecule has 0 bridgehead atoms. The van der Waals surface area contributed by atoms with Crippen LogP contribution in [0.15, 0.2) is 42.5 Å². The third-order valence-corrected chi connectivity index (χ3v) is 4.36. The van der Waals surface area contributed by atoms with Gasteiger partial charge in [-0.3, -0.25) is 0 Å². The van der Waals surface area contributed by atoms with E-state index >= 15 is 0 Å². The molecule has 2 heterocycles. The van der Waals surface area contributed by atoms with Crippen molar-refractivity contribution in [3.63, 3.8) is 0 Å². The predicted octanol–water partition coefficient (Wildman–Crippen LogP) is 3.77. The Kier molecular flexibility index (Phi) is 3.18. The summed E-state index contributed by atoms with van der Waals surface area (Å²) in [5, 5.41) is 3.66. The molecule has 3 nitrogen and oxygen atoms in total. The Labute approximate surface area is 124 Å². The zero-order chi connectivity index (χ0) is 14.1. The molecule has 0 amide bonds. The molecule has 2 aliphatic rings.